The lowest BCUT2D eigenvalue weighted by Crippen LogP contribution is -2.35. The predicted octanol–water partition coefficient (Wildman–Crippen LogP) is 1.85. The maximum Gasteiger partial charge on any atom is 0.256 e. The molecule has 1 unspecified atom stereocenters. The number of fused-ring (bicyclic) bond motifs is 2. The summed E-state index contributed by atoms with van der Waals surface area (Å²) in [6.07, 6.45) is 5.13. The van der Waals surface area contributed by atoms with E-state index in [-0.39, 0.29) is 41.7 Å². The molecule has 5 rings (SSSR count). The molecule has 3 aromatic rings. The van der Waals surface area contributed by atoms with Gasteiger partial charge in [-0.3, -0.25) is 14.8 Å². The highest BCUT2D eigenvalue weighted by Crippen LogP contribution is 2.41. The maximum absolute atomic E-state index is 13.4. The number of rotatable bonds is 11. The highest BCUT2D eigenvalue weighted by atomic mass is 32.2. The molecule has 1 amide bonds. The van der Waals surface area contributed by atoms with Gasteiger partial charge in [-0.15, -0.1) is 5.10 Å². The lowest BCUT2D eigenvalue weighted by Gasteiger charge is -2.24. The van der Waals surface area contributed by atoms with Gasteiger partial charge in [-0.1, -0.05) is 13.3 Å². The number of benzene rings is 1. The average Bonchev–Trinajstić information content (AvgIpc) is 3.59. The van der Waals surface area contributed by atoms with E-state index in [2.05, 4.69) is 15.1 Å². The summed E-state index contributed by atoms with van der Waals surface area (Å²) >= 11 is 0. The summed E-state index contributed by atoms with van der Waals surface area (Å²) in [5.74, 6) is 0.374. The van der Waals surface area contributed by atoms with Crippen LogP contribution >= 0.6 is 0 Å². The molecule has 3 atom stereocenters. The Hall–Kier alpha value is -3.26. The second-order valence-electron chi connectivity index (χ2n) is 10.6. The van der Waals surface area contributed by atoms with Gasteiger partial charge in [0.1, 0.15) is 6.23 Å². The molecule has 12 nitrogen and oxygen atoms in total. The van der Waals surface area contributed by atoms with Crippen molar-refractivity contribution < 1.29 is 23.4 Å². The molecule has 0 radical (unpaired) electrons. The van der Waals surface area contributed by atoms with E-state index in [0.29, 0.717) is 41.4 Å². The summed E-state index contributed by atoms with van der Waals surface area (Å²) in [6.45, 7) is 4.25. The first-order valence-corrected chi connectivity index (χ1v) is 15.1. The number of nitrogens with one attached hydrogen (secondary N) is 2. The molecule has 1 saturated carbocycles. The van der Waals surface area contributed by atoms with Crippen molar-refractivity contribution in [1.29, 1.82) is 0 Å². The van der Waals surface area contributed by atoms with Gasteiger partial charge < -0.3 is 20.8 Å². The molecule has 3 heterocycles. The van der Waals surface area contributed by atoms with Crippen molar-refractivity contribution in [3.05, 3.63) is 41.1 Å². The minimum atomic E-state index is -3.66. The van der Waals surface area contributed by atoms with E-state index in [4.69, 9.17) is 10.7 Å². The van der Waals surface area contributed by atoms with Crippen molar-refractivity contribution in [2.45, 2.75) is 64.4 Å². The molecular weight excluding hydrogens is 522 g/mol. The topological polar surface area (TPSA) is 175 Å². The van der Waals surface area contributed by atoms with E-state index in [1.54, 1.807) is 18.3 Å². The molecule has 6 N–H and O–H groups in total. The van der Waals surface area contributed by atoms with Gasteiger partial charge in [-0.05, 0) is 55.9 Å². The number of sulfonamides is 1. The Labute approximate surface area is 227 Å². The third kappa shape index (κ3) is 5.44. The van der Waals surface area contributed by atoms with E-state index in [1.165, 1.54) is 4.52 Å². The number of amides is 1. The van der Waals surface area contributed by atoms with Gasteiger partial charge in [0.15, 0.2) is 11.5 Å². The van der Waals surface area contributed by atoms with Gasteiger partial charge in [-0.25, -0.2) is 17.9 Å². The fraction of sp³-hybridized carbons (Fsp3) is 0.500. The number of carbonyl (C=O) groups excluding carboxylic acids is 1. The standard InChI is InChI=1S/C26H35N7O5S/c1-4-5-18(13-34)28-25(35)22-23(27)30-33-9-8-19(29-24(22)33)16-10-17-12-32(14(2)15-6-7-15)26(36)21(17)20(11-16)31-39(3,37)38/h8-11,14-15,18,25,28,31,34-35H,4-7,12-13H2,1-3H3,(H2,27,30)/t14-,18+,25?/m0/s1. The van der Waals surface area contributed by atoms with Gasteiger partial charge in [0.2, 0.25) is 10.0 Å². The summed E-state index contributed by atoms with van der Waals surface area (Å²) < 4.78 is 28.4. The molecule has 1 aliphatic carbocycles. The molecule has 210 valence electrons. The van der Waals surface area contributed by atoms with Crippen molar-refractivity contribution >= 4 is 33.1 Å². The summed E-state index contributed by atoms with van der Waals surface area (Å²) in [6, 6.07) is 4.91. The zero-order valence-electron chi connectivity index (χ0n) is 22.3. The molecule has 39 heavy (non-hydrogen) atoms. The van der Waals surface area contributed by atoms with Crippen LogP contribution in [0.1, 0.15) is 67.2 Å². The number of hydrogen-bond donors (Lipinski definition) is 5. The monoisotopic (exact) mass is 557 g/mol. The molecule has 0 saturated heterocycles. The first-order valence-electron chi connectivity index (χ1n) is 13.2. The third-order valence-corrected chi connectivity index (χ3v) is 8.09. The van der Waals surface area contributed by atoms with Crippen LogP contribution in [0.4, 0.5) is 11.5 Å². The number of nitrogen functional groups attached to an aromatic ring is 1. The Morgan fingerprint density at radius 1 is 1.28 bits per heavy atom. The van der Waals surface area contributed by atoms with Crippen LogP contribution in [0.5, 0.6) is 0 Å². The van der Waals surface area contributed by atoms with Crippen LogP contribution in [0.25, 0.3) is 16.9 Å². The summed E-state index contributed by atoms with van der Waals surface area (Å²) in [5.41, 5.74) is 9.11. The van der Waals surface area contributed by atoms with Crippen molar-refractivity contribution in [2.75, 3.05) is 23.3 Å². The summed E-state index contributed by atoms with van der Waals surface area (Å²) in [4.78, 5) is 19.9. The zero-order valence-corrected chi connectivity index (χ0v) is 23.1. The van der Waals surface area contributed by atoms with Crippen LogP contribution in [0.15, 0.2) is 24.4 Å². The van der Waals surface area contributed by atoms with Crippen LogP contribution in [-0.2, 0) is 16.6 Å². The SMILES string of the molecule is CCC[C@H](CO)NC(O)c1c(N)nn2ccc(-c3cc4c(c(NS(C)(=O)=O)c3)C(=O)N([C@@H](C)C3CC3)C4)nc12. The minimum absolute atomic E-state index is 0.0654. The van der Waals surface area contributed by atoms with E-state index in [1.807, 2.05) is 24.8 Å². The van der Waals surface area contributed by atoms with Gasteiger partial charge in [-0.2, -0.15) is 0 Å². The Morgan fingerprint density at radius 2 is 2.03 bits per heavy atom. The molecule has 0 spiro atoms. The normalized spacial score (nSPS) is 17.9. The molecule has 1 fully saturated rings. The van der Waals surface area contributed by atoms with Crippen LogP contribution in [-0.4, -0.2) is 69.0 Å². The largest absolute Gasteiger partial charge is 0.395 e. The molecule has 13 heteroatoms. The van der Waals surface area contributed by atoms with Gasteiger partial charge >= 0.3 is 0 Å². The molecule has 1 aliphatic heterocycles. The van der Waals surface area contributed by atoms with Gasteiger partial charge in [0.05, 0.1) is 35.4 Å². The molecular formula is C26H35N7O5S. The summed E-state index contributed by atoms with van der Waals surface area (Å²) in [5, 5.41) is 27.8. The van der Waals surface area contributed by atoms with E-state index < -0.39 is 16.3 Å². The Bertz CT molecular complexity index is 1520. The van der Waals surface area contributed by atoms with Crippen LogP contribution in [0.3, 0.4) is 0 Å². The lowest BCUT2D eigenvalue weighted by atomic mass is 10.0. The van der Waals surface area contributed by atoms with Crippen LogP contribution < -0.4 is 15.8 Å². The fourth-order valence-electron chi connectivity index (χ4n) is 5.34. The van der Waals surface area contributed by atoms with E-state index >= 15 is 0 Å². The first-order chi connectivity index (χ1) is 18.5. The van der Waals surface area contributed by atoms with Gasteiger partial charge in [0.25, 0.3) is 5.91 Å². The van der Waals surface area contributed by atoms with Crippen molar-refractivity contribution in [3.63, 3.8) is 0 Å². The molecule has 1 aromatic carbocycles. The minimum Gasteiger partial charge on any atom is -0.395 e. The maximum atomic E-state index is 13.4. The molecule has 0 bridgehead atoms. The average molecular weight is 558 g/mol. The molecule has 2 aromatic heterocycles. The van der Waals surface area contributed by atoms with E-state index in [9.17, 15) is 23.4 Å². The summed E-state index contributed by atoms with van der Waals surface area (Å²) in [7, 11) is -3.66. The second kappa shape index (κ2) is 10.4. The number of carbonyl (C=O) groups is 1. The number of aromatic nitrogens is 3. The highest BCUT2D eigenvalue weighted by molar-refractivity contribution is 7.92. The Morgan fingerprint density at radius 3 is 2.67 bits per heavy atom. The second-order valence-corrected chi connectivity index (χ2v) is 12.3. The van der Waals surface area contributed by atoms with E-state index in [0.717, 1.165) is 31.1 Å². The first kappa shape index (κ1) is 27.3. The molecule has 2 aliphatic rings. The lowest BCUT2D eigenvalue weighted by molar-refractivity contribution is 0.0698. The number of aliphatic hydroxyl groups is 2. The van der Waals surface area contributed by atoms with Gasteiger partial charge in [0, 0.05) is 30.4 Å². The van der Waals surface area contributed by atoms with Crippen LogP contribution in [0.2, 0.25) is 0 Å². The number of anilines is 2. The Kier molecular flexibility index (Phi) is 7.27. The smallest absolute Gasteiger partial charge is 0.256 e. The zero-order chi connectivity index (χ0) is 28.1. The number of nitrogens with zero attached hydrogens (tertiary/aromatic N) is 4. The fourth-order valence-corrected chi connectivity index (χ4v) is 5.90. The third-order valence-electron chi connectivity index (χ3n) is 7.50. The number of hydrogen-bond acceptors (Lipinski definition) is 9. The quantitative estimate of drug-likeness (QED) is 0.220. The predicted molar refractivity (Wildman–Crippen MR) is 147 cm³/mol. The Balaban J connectivity index is 1.56. The van der Waals surface area contributed by atoms with Crippen molar-refractivity contribution in [1.82, 2.24) is 24.8 Å². The number of nitrogens with two attached hydrogens (primary N) is 1. The van der Waals surface area contributed by atoms with Crippen molar-refractivity contribution in [3.8, 4) is 11.3 Å². The number of aliphatic hydroxyl groups excluding tert-OH is 2. The van der Waals surface area contributed by atoms with Crippen LogP contribution in [0, 0.1) is 5.92 Å². The van der Waals surface area contributed by atoms with Crippen molar-refractivity contribution in [2.24, 2.45) is 5.92 Å². The highest BCUT2D eigenvalue weighted by Gasteiger charge is 2.40.